The van der Waals surface area contributed by atoms with Gasteiger partial charge >= 0.3 is 0 Å². The number of nitrogens with zero attached hydrogens (tertiary/aromatic N) is 1. The fraction of sp³-hybridized carbons (Fsp3) is 0.0714. The molecule has 2 aromatic carbocycles. The lowest BCUT2D eigenvalue weighted by Crippen LogP contribution is -1.99. The van der Waals surface area contributed by atoms with Gasteiger partial charge in [0.1, 0.15) is 0 Å². The SMILES string of the molecule is O=C(CCl)c1ccc(-c2ccc([N+](=O)[O-])cc2)cc1. The van der Waals surface area contributed by atoms with Crippen LogP contribution in [-0.4, -0.2) is 16.6 Å². The van der Waals surface area contributed by atoms with E-state index in [1.54, 1.807) is 36.4 Å². The second kappa shape index (κ2) is 5.63. The molecule has 2 rings (SSSR count). The first-order valence-corrected chi connectivity index (χ1v) is 6.09. The number of Topliss-reactive ketones (excluding diaryl/α,β-unsaturated/α-hetero) is 1. The Kier molecular flexibility index (Phi) is 3.92. The molecular formula is C14H10ClNO3. The first-order valence-electron chi connectivity index (χ1n) is 5.56. The van der Waals surface area contributed by atoms with E-state index in [1.807, 2.05) is 0 Å². The standard InChI is InChI=1S/C14H10ClNO3/c15-9-14(17)12-3-1-10(2-4-12)11-5-7-13(8-6-11)16(18)19/h1-8H,9H2. The molecule has 0 fully saturated rings. The Bertz CT molecular complexity index is 606. The molecule has 0 aliphatic heterocycles. The van der Waals surface area contributed by atoms with Gasteiger partial charge in [0.15, 0.2) is 5.78 Å². The van der Waals surface area contributed by atoms with Crippen molar-refractivity contribution in [3.8, 4) is 11.1 Å². The predicted molar refractivity (Wildman–Crippen MR) is 73.6 cm³/mol. The van der Waals surface area contributed by atoms with Gasteiger partial charge in [0.2, 0.25) is 0 Å². The molecule has 0 aliphatic rings. The Hall–Kier alpha value is -2.20. The maximum atomic E-state index is 11.4. The number of nitro benzene ring substituents is 1. The van der Waals surface area contributed by atoms with Crippen molar-refractivity contribution in [2.24, 2.45) is 0 Å². The van der Waals surface area contributed by atoms with E-state index in [0.29, 0.717) is 5.56 Å². The van der Waals surface area contributed by atoms with Gasteiger partial charge in [-0.3, -0.25) is 14.9 Å². The Balaban J connectivity index is 2.27. The second-order valence-electron chi connectivity index (χ2n) is 3.94. The van der Waals surface area contributed by atoms with Crippen LogP contribution in [0.4, 0.5) is 5.69 Å². The van der Waals surface area contributed by atoms with Crippen LogP contribution < -0.4 is 0 Å². The van der Waals surface area contributed by atoms with Crippen molar-refractivity contribution in [1.82, 2.24) is 0 Å². The summed E-state index contributed by atoms with van der Waals surface area (Å²) >= 11 is 5.48. The van der Waals surface area contributed by atoms with Crippen molar-refractivity contribution in [2.75, 3.05) is 5.88 Å². The summed E-state index contributed by atoms with van der Waals surface area (Å²) < 4.78 is 0. The van der Waals surface area contributed by atoms with E-state index >= 15 is 0 Å². The largest absolute Gasteiger partial charge is 0.293 e. The Morgan fingerprint density at radius 3 is 1.89 bits per heavy atom. The fourth-order valence-corrected chi connectivity index (χ4v) is 1.86. The molecule has 0 aromatic heterocycles. The van der Waals surface area contributed by atoms with Gasteiger partial charge in [-0.25, -0.2) is 0 Å². The van der Waals surface area contributed by atoms with E-state index in [9.17, 15) is 14.9 Å². The zero-order chi connectivity index (χ0) is 13.8. The highest BCUT2D eigenvalue weighted by atomic mass is 35.5. The molecule has 4 nitrogen and oxygen atoms in total. The minimum atomic E-state index is -0.438. The molecule has 5 heteroatoms. The minimum Gasteiger partial charge on any atom is -0.293 e. The van der Waals surface area contributed by atoms with Crippen molar-refractivity contribution < 1.29 is 9.72 Å². The molecule has 0 radical (unpaired) electrons. The lowest BCUT2D eigenvalue weighted by atomic mass is 10.0. The van der Waals surface area contributed by atoms with Gasteiger partial charge in [0.25, 0.3) is 5.69 Å². The second-order valence-corrected chi connectivity index (χ2v) is 4.21. The summed E-state index contributed by atoms with van der Waals surface area (Å²) in [6.45, 7) is 0. The molecule has 0 atom stereocenters. The fourth-order valence-electron chi connectivity index (χ4n) is 1.70. The summed E-state index contributed by atoms with van der Waals surface area (Å²) in [6, 6.07) is 13.2. The zero-order valence-corrected chi connectivity index (χ0v) is 10.6. The molecule has 0 amide bonds. The summed E-state index contributed by atoms with van der Waals surface area (Å²) in [4.78, 5) is 21.5. The van der Waals surface area contributed by atoms with Crippen molar-refractivity contribution >= 4 is 23.1 Å². The number of nitro groups is 1. The first-order chi connectivity index (χ1) is 9.11. The van der Waals surface area contributed by atoms with Crippen molar-refractivity contribution in [3.63, 3.8) is 0 Å². The molecule has 0 saturated heterocycles. The number of hydrogen-bond donors (Lipinski definition) is 0. The van der Waals surface area contributed by atoms with Crippen LogP contribution >= 0.6 is 11.6 Å². The lowest BCUT2D eigenvalue weighted by molar-refractivity contribution is -0.384. The van der Waals surface area contributed by atoms with Crippen LogP contribution in [0.2, 0.25) is 0 Å². The number of benzene rings is 2. The maximum absolute atomic E-state index is 11.4. The Labute approximate surface area is 114 Å². The van der Waals surface area contributed by atoms with Crippen LogP contribution in [0.25, 0.3) is 11.1 Å². The van der Waals surface area contributed by atoms with Crippen LogP contribution in [0.15, 0.2) is 48.5 Å². The summed E-state index contributed by atoms with van der Waals surface area (Å²) in [5.74, 6) is -0.173. The maximum Gasteiger partial charge on any atom is 0.269 e. The normalized spacial score (nSPS) is 10.2. The lowest BCUT2D eigenvalue weighted by Gasteiger charge is -2.03. The molecule has 0 heterocycles. The zero-order valence-electron chi connectivity index (χ0n) is 9.88. The molecule has 0 aliphatic carbocycles. The van der Waals surface area contributed by atoms with E-state index in [1.165, 1.54) is 12.1 Å². The number of carbonyl (C=O) groups excluding carboxylic acids is 1. The van der Waals surface area contributed by atoms with Gasteiger partial charge in [-0.05, 0) is 23.3 Å². The van der Waals surface area contributed by atoms with Gasteiger partial charge in [-0.15, -0.1) is 11.6 Å². The summed E-state index contributed by atoms with van der Waals surface area (Å²) in [7, 11) is 0. The van der Waals surface area contributed by atoms with Crippen LogP contribution in [0, 0.1) is 10.1 Å². The van der Waals surface area contributed by atoms with Gasteiger partial charge in [0.05, 0.1) is 10.8 Å². The van der Waals surface area contributed by atoms with E-state index in [-0.39, 0.29) is 17.4 Å². The summed E-state index contributed by atoms with van der Waals surface area (Å²) in [6.07, 6.45) is 0. The van der Waals surface area contributed by atoms with Crippen LogP contribution in [0.1, 0.15) is 10.4 Å². The number of carbonyl (C=O) groups is 1. The third-order valence-corrected chi connectivity index (χ3v) is 2.98. The molecule has 2 aromatic rings. The molecule has 0 N–H and O–H groups in total. The van der Waals surface area contributed by atoms with E-state index in [2.05, 4.69) is 0 Å². The Morgan fingerprint density at radius 1 is 1.00 bits per heavy atom. The molecule has 19 heavy (non-hydrogen) atoms. The summed E-state index contributed by atoms with van der Waals surface area (Å²) in [5, 5.41) is 10.6. The smallest absolute Gasteiger partial charge is 0.269 e. The predicted octanol–water partition coefficient (Wildman–Crippen LogP) is 3.68. The third kappa shape index (κ3) is 2.98. The van der Waals surface area contributed by atoms with Crippen LogP contribution in [0.5, 0.6) is 0 Å². The van der Waals surface area contributed by atoms with Crippen LogP contribution in [0.3, 0.4) is 0 Å². The average molecular weight is 276 g/mol. The highest BCUT2D eigenvalue weighted by molar-refractivity contribution is 6.30. The molecule has 0 saturated carbocycles. The molecule has 0 bridgehead atoms. The number of alkyl halides is 1. The van der Waals surface area contributed by atoms with Gasteiger partial charge in [-0.1, -0.05) is 24.3 Å². The van der Waals surface area contributed by atoms with Gasteiger partial charge < -0.3 is 0 Å². The van der Waals surface area contributed by atoms with Crippen molar-refractivity contribution in [1.29, 1.82) is 0 Å². The minimum absolute atomic E-state index is 0.0448. The van der Waals surface area contributed by atoms with E-state index in [0.717, 1.165) is 11.1 Å². The number of rotatable bonds is 4. The quantitative estimate of drug-likeness (QED) is 0.370. The highest BCUT2D eigenvalue weighted by Crippen LogP contribution is 2.22. The number of hydrogen-bond acceptors (Lipinski definition) is 3. The number of non-ortho nitro benzene ring substituents is 1. The average Bonchev–Trinajstić information content (AvgIpc) is 2.46. The highest BCUT2D eigenvalue weighted by Gasteiger charge is 2.07. The summed E-state index contributed by atoms with van der Waals surface area (Å²) in [5.41, 5.74) is 2.36. The number of ketones is 1. The first kappa shape index (κ1) is 13.2. The van der Waals surface area contributed by atoms with E-state index in [4.69, 9.17) is 11.6 Å². The van der Waals surface area contributed by atoms with Crippen molar-refractivity contribution in [2.45, 2.75) is 0 Å². The van der Waals surface area contributed by atoms with E-state index < -0.39 is 4.92 Å². The third-order valence-electron chi connectivity index (χ3n) is 2.74. The Morgan fingerprint density at radius 2 is 1.47 bits per heavy atom. The molecule has 0 unspecified atom stereocenters. The molecular weight excluding hydrogens is 266 g/mol. The van der Waals surface area contributed by atoms with Crippen molar-refractivity contribution in [3.05, 3.63) is 64.2 Å². The number of halogens is 1. The molecule has 0 spiro atoms. The van der Waals surface area contributed by atoms with Crippen LogP contribution in [-0.2, 0) is 0 Å². The monoisotopic (exact) mass is 275 g/mol. The topological polar surface area (TPSA) is 60.2 Å². The van der Waals surface area contributed by atoms with Gasteiger partial charge in [-0.2, -0.15) is 0 Å². The molecule has 96 valence electrons. The van der Waals surface area contributed by atoms with Gasteiger partial charge in [0, 0.05) is 17.7 Å².